The van der Waals surface area contributed by atoms with Crippen molar-refractivity contribution in [3.8, 4) is 0 Å². The molecule has 0 N–H and O–H groups in total. The molecule has 0 aromatic rings. The summed E-state index contributed by atoms with van der Waals surface area (Å²) in [5.74, 6) is 0. The second kappa shape index (κ2) is 1.94. The molecule has 0 atom stereocenters. The standard InChI is InChI=1S/C5H5FN2/c1-4-5(2-6)8-3-7-4/h2H2,1H3. The molecule has 0 saturated carbocycles. The van der Waals surface area contributed by atoms with Crippen molar-refractivity contribution in [3.63, 3.8) is 0 Å². The molecule has 1 heterocycles. The molecule has 8 heavy (non-hydrogen) atoms. The summed E-state index contributed by atoms with van der Waals surface area (Å²) in [7, 11) is 0. The molecule has 0 unspecified atom stereocenters. The summed E-state index contributed by atoms with van der Waals surface area (Å²) in [4.78, 5) is 3.52. The van der Waals surface area contributed by atoms with Crippen molar-refractivity contribution in [2.75, 3.05) is 6.67 Å². The Balaban J connectivity index is 2.70. The van der Waals surface area contributed by atoms with Crippen LogP contribution < -0.4 is 5.32 Å². The van der Waals surface area contributed by atoms with Gasteiger partial charge in [0.05, 0.1) is 11.4 Å². The molecular formula is C5H5FN2. The molecule has 1 rings (SSSR count). The Hall–Kier alpha value is -0.860. The van der Waals surface area contributed by atoms with Crippen LogP contribution in [0.15, 0.2) is 16.4 Å². The highest BCUT2D eigenvalue weighted by Crippen LogP contribution is 2.07. The minimum absolute atomic E-state index is 0.394. The third kappa shape index (κ3) is 0.710. The van der Waals surface area contributed by atoms with Crippen molar-refractivity contribution in [2.45, 2.75) is 6.92 Å². The van der Waals surface area contributed by atoms with Gasteiger partial charge in [-0.05, 0) is 6.92 Å². The maximum Gasteiger partial charge on any atom is 0.198 e. The van der Waals surface area contributed by atoms with Crippen molar-refractivity contribution in [2.24, 2.45) is 4.99 Å². The quantitative estimate of drug-likeness (QED) is 0.477. The minimum Gasteiger partial charge on any atom is -0.244 e. The highest BCUT2D eigenvalue weighted by molar-refractivity contribution is 5.62. The molecular weight excluding hydrogens is 107 g/mol. The molecule has 0 aromatic carbocycles. The van der Waals surface area contributed by atoms with Crippen molar-refractivity contribution < 1.29 is 4.39 Å². The van der Waals surface area contributed by atoms with E-state index in [1.807, 2.05) is 0 Å². The molecule has 0 amide bonds. The van der Waals surface area contributed by atoms with Gasteiger partial charge in [-0.25, -0.2) is 14.7 Å². The molecule has 3 heteroatoms. The zero-order chi connectivity index (χ0) is 5.98. The van der Waals surface area contributed by atoms with E-state index in [0.29, 0.717) is 11.4 Å². The molecule has 0 saturated heterocycles. The van der Waals surface area contributed by atoms with Gasteiger partial charge in [0.2, 0.25) is 0 Å². The van der Waals surface area contributed by atoms with Crippen LogP contribution in [0.1, 0.15) is 6.92 Å². The Bertz CT molecular complexity index is 149. The first-order chi connectivity index (χ1) is 3.84. The molecule has 2 nitrogen and oxygen atoms in total. The number of alkyl halides is 1. The highest BCUT2D eigenvalue weighted by atomic mass is 19.1. The molecule has 0 aromatic heterocycles. The maximum absolute atomic E-state index is 11.7. The molecule has 0 aliphatic carbocycles. The highest BCUT2D eigenvalue weighted by Gasteiger charge is 2.05. The summed E-state index contributed by atoms with van der Waals surface area (Å²) in [5.41, 5.74) is 1.03. The molecule has 1 aliphatic heterocycles. The van der Waals surface area contributed by atoms with E-state index in [-0.39, 0.29) is 0 Å². The first-order valence-electron chi connectivity index (χ1n) is 2.27. The largest absolute Gasteiger partial charge is 0.244 e. The second-order valence-electron chi connectivity index (χ2n) is 1.49. The zero-order valence-electron chi connectivity index (χ0n) is 4.48. The topological polar surface area (TPSA) is 26.5 Å². The first-order valence-corrected chi connectivity index (χ1v) is 2.27. The van der Waals surface area contributed by atoms with E-state index in [2.05, 4.69) is 16.6 Å². The number of rotatable bonds is 1. The average molecular weight is 112 g/mol. The van der Waals surface area contributed by atoms with Crippen LogP contribution in [-0.2, 0) is 0 Å². The Morgan fingerprint density at radius 2 is 2.50 bits per heavy atom. The molecule has 0 fully saturated rings. The van der Waals surface area contributed by atoms with Crippen LogP contribution in [0.3, 0.4) is 0 Å². The van der Waals surface area contributed by atoms with Crippen molar-refractivity contribution in [3.05, 3.63) is 11.4 Å². The predicted octanol–water partition coefficient (Wildman–Crippen LogP) is 0.711. The van der Waals surface area contributed by atoms with Crippen molar-refractivity contribution in [1.29, 1.82) is 0 Å². The summed E-state index contributed by atoms with van der Waals surface area (Å²) in [6, 6.07) is 0. The summed E-state index contributed by atoms with van der Waals surface area (Å²) < 4.78 is 11.7. The smallest absolute Gasteiger partial charge is 0.198 e. The molecule has 1 aliphatic rings. The first kappa shape index (κ1) is 5.28. The van der Waals surface area contributed by atoms with Crippen LogP contribution >= 0.6 is 0 Å². The molecule has 42 valence electrons. The Morgan fingerprint density at radius 3 is 2.75 bits per heavy atom. The monoisotopic (exact) mass is 112 g/mol. The minimum atomic E-state index is -0.539. The Labute approximate surface area is 47.1 Å². The van der Waals surface area contributed by atoms with Gasteiger partial charge in [-0.2, -0.15) is 0 Å². The Kier molecular flexibility index (Phi) is 1.28. The van der Waals surface area contributed by atoms with E-state index in [1.54, 1.807) is 6.92 Å². The van der Waals surface area contributed by atoms with E-state index in [0.717, 1.165) is 0 Å². The number of halogens is 1. The van der Waals surface area contributed by atoms with Crippen molar-refractivity contribution >= 4 is 6.34 Å². The summed E-state index contributed by atoms with van der Waals surface area (Å²) in [6.07, 6.45) is 2.31. The van der Waals surface area contributed by atoms with Gasteiger partial charge in [-0.3, -0.25) is 0 Å². The lowest BCUT2D eigenvalue weighted by atomic mass is 10.4. The van der Waals surface area contributed by atoms with E-state index < -0.39 is 6.67 Å². The van der Waals surface area contributed by atoms with Crippen LogP contribution in [0.5, 0.6) is 0 Å². The predicted molar refractivity (Wildman–Crippen MR) is 28.2 cm³/mol. The zero-order valence-corrected chi connectivity index (χ0v) is 4.48. The van der Waals surface area contributed by atoms with Gasteiger partial charge in [0.1, 0.15) is 6.67 Å². The summed E-state index contributed by atoms with van der Waals surface area (Å²) >= 11 is 0. The van der Waals surface area contributed by atoms with E-state index in [9.17, 15) is 4.39 Å². The van der Waals surface area contributed by atoms with Crippen LogP contribution in [0.4, 0.5) is 4.39 Å². The van der Waals surface area contributed by atoms with E-state index in [1.165, 1.54) is 0 Å². The molecule has 0 bridgehead atoms. The lowest BCUT2D eigenvalue weighted by Crippen LogP contribution is -1.92. The molecule has 0 spiro atoms. The van der Waals surface area contributed by atoms with Gasteiger partial charge in [-0.15, -0.1) is 0 Å². The van der Waals surface area contributed by atoms with Crippen molar-refractivity contribution in [1.82, 2.24) is 5.32 Å². The van der Waals surface area contributed by atoms with Gasteiger partial charge >= 0.3 is 0 Å². The molecule has 2 radical (unpaired) electrons. The fourth-order valence-electron chi connectivity index (χ4n) is 0.432. The summed E-state index contributed by atoms with van der Waals surface area (Å²) in [5, 5.41) is 3.61. The average Bonchev–Trinajstić information content (AvgIpc) is 2.14. The normalized spacial score (nSPS) is 17.2. The Morgan fingerprint density at radius 1 is 1.75 bits per heavy atom. The van der Waals surface area contributed by atoms with Crippen LogP contribution in [0.2, 0.25) is 0 Å². The fraction of sp³-hybridized carbons (Fsp3) is 0.400. The number of hydrogen-bond acceptors (Lipinski definition) is 1. The number of nitrogens with zero attached hydrogens (tertiary/aromatic N) is 2. The third-order valence-corrected chi connectivity index (χ3v) is 0.947. The number of aliphatic imine (C=N–C) groups is 1. The third-order valence-electron chi connectivity index (χ3n) is 0.947. The lowest BCUT2D eigenvalue weighted by molar-refractivity contribution is 0.538. The SMILES string of the molecule is CC1=C(CF)N=[C][N]1. The fourth-order valence-corrected chi connectivity index (χ4v) is 0.432. The van der Waals surface area contributed by atoms with Gasteiger partial charge < -0.3 is 0 Å². The van der Waals surface area contributed by atoms with Crippen LogP contribution in [0.25, 0.3) is 0 Å². The number of hydrogen-bond donors (Lipinski definition) is 0. The van der Waals surface area contributed by atoms with E-state index >= 15 is 0 Å². The van der Waals surface area contributed by atoms with Gasteiger partial charge in [0, 0.05) is 0 Å². The van der Waals surface area contributed by atoms with Crippen LogP contribution in [0, 0.1) is 0 Å². The van der Waals surface area contributed by atoms with Gasteiger partial charge in [0.15, 0.2) is 6.34 Å². The second-order valence-corrected chi connectivity index (χ2v) is 1.49. The maximum atomic E-state index is 11.7. The van der Waals surface area contributed by atoms with E-state index in [4.69, 9.17) is 0 Å². The van der Waals surface area contributed by atoms with Gasteiger partial charge in [-0.1, -0.05) is 0 Å². The summed E-state index contributed by atoms with van der Waals surface area (Å²) in [6.45, 7) is 1.17. The number of allylic oxidation sites excluding steroid dienone is 2. The van der Waals surface area contributed by atoms with Crippen LogP contribution in [-0.4, -0.2) is 13.0 Å². The lowest BCUT2D eigenvalue weighted by Gasteiger charge is -1.87. The van der Waals surface area contributed by atoms with Gasteiger partial charge in [0.25, 0.3) is 0 Å².